The minimum Gasteiger partial charge on any atom is -0.308 e. The Morgan fingerprint density at radius 1 is 1.35 bits per heavy atom. The fraction of sp³-hybridized carbons (Fsp3) is 0.579. The number of hydrogen-bond acceptors (Lipinski definition) is 4. The van der Waals surface area contributed by atoms with Crippen LogP contribution in [0.3, 0.4) is 0 Å². The molecule has 0 saturated carbocycles. The summed E-state index contributed by atoms with van der Waals surface area (Å²) in [7, 11) is 3.43. The van der Waals surface area contributed by atoms with Crippen LogP contribution in [0, 0.1) is 6.92 Å². The fourth-order valence-electron chi connectivity index (χ4n) is 2.96. The minimum absolute atomic E-state index is 0.00213. The molecule has 1 unspecified atom stereocenters. The number of aromatic nitrogens is 4. The van der Waals surface area contributed by atoms with Gasteiger partial charge in [0.05, 0.1) is 17.6 Å². The van der Waals surface area contributed by atoms with Gasteiger partial charge in [0.2, 0.25) is 0 Å². The summed E-state index contributed by atoms with van der Waals surface area (Å²) in [5, 5.41) is 4.09. The van der Waals surface area contributed by atoms with Crippen LogP contribution < -0.4 is 10.5 Å². The lowest BCUT2D eigenvalue weighted by molar-refractivity contribution is 0.0989. The molecule has 0 aliphatic heterocycles. The molecule has 1 amide bonds. The van der Waals surface area contributed by atoms with Crippen LogP contribution in [0.25, 0.3) is 0 Å². The van der Waals surface area contributed by atoms with Crippen LogP contribution >= 0.6 is 0 Å². The Morgan fingerprint density at radius 2 is 2.04 bits per heavy atom. The van der Waals surface area contributed by atoms with Crippen molar-refractivity contribution in [3.8, 4) is 0 Å². The number of amides is 1. The molecule has 1 atom stereocenters. The van der Waals surface area contributed by atoms with Gasteiger partial charge in [0, 0.05) is 32.8 Å². The smallest absolute Gasteiger partial charge is 0.266 e. The molecule has 0 radical (unpaired) electrons. The molecule has 0 spiro atoms. The number of anilines is 1. The molecule has 0 saturated heterocycles. The van der Waals surface area contributed by atoms with Crippen molar-refractivity contribution in [1.82, 2.24) is 19.3 Å². The highest BCUT2D eigenvalue weighted by molar-refractivity contribution is 6.06. The number of carbonyl (C=O) groups is 1. The van der Waals surface area contributed by atoms with E-state index < -0.39 is 0 Å². The maximum atomic E-state index is 13.2. The normalized spacial score (nSPS) is 12.2. The summed E-state index contributed by atoms with van der Waals surface area (Å²) in [5.74, 6) is 0.413. The third-order valence-corrected chi connectivity index (χ3v) is 4.75. The second kappa shape index (κ2) is 8.29. The van der Waals surface area contributed by atoms with Gasteiger partial charge in [-0.3, -0.25) is 18.8 Å². The number of hydrogen-bond donors (Lipinski definition) is 0. The van der Waals surface area contributed by atoms with E-state index in [0.29, 0.717) is 11.4 Å². The Hall–Kier alpha value is -2.44. The lowest BCUT2D eigenvalue weighted by Crippen LogP contribution is -2.38. The van der Waals surface area contributed by atoms with Crippen molar-refractivity contribution in [3.63, 3.8) is 0 Å². The summed E-state index contributed by atoms with van der Waals surface area (Å²) >= 11 is 0. The van der Waals surface area contributed by atoms with Gasteiger partial charge >= 0.3 is 0 Å². The molecular weight excluding hydrogens is 330 g/mol. The second-order valence-corrected chi connectivity index (χ2v) is 6.76. The predicted molar refractivity (Wildman–Crippen MR) is 103 cm³/mol. The first-order chi connectivity index (χ1) is 12.3. The number of aryl methyl sites for hydroxylation is 3. The molecule has 2 heterocycles. The summed E-state index contributed by atoms with van der Waals surface area (Å²) in [5.41, 5.74) is 1.01. The Kier molecular flexibility index (Phi) is 6.34. The third-order valence-electron chi connectivity index (χ3n) is 4.75. The average molecular weight is 359 g/mol. The molecular formula is C19H29N5O2. The van der Waals surface area contributed by atoms with Gasteiger partial charge in [-0.1, -0.05) is 20.3 Å². The Morgan fingerprint density at radius 3 is 2.58 bits per heavy atom. The zero-order chi connectivity index (χ0) is 19.4. The second-order valence-electron chi connectivity index (χ2n) is 6.76. The summed E-state index contributed by atoms with van der Waals surface area (Å²) in [4.78, 5) is 32.3. The van der Waals surface area contributed by atoms with Crippen molar-refractivity contribution in [3.05, 3.63) is 39.8 Å². The van der Waals surface area contributed by atoms with E-state index in [2.05, 4.69) is 17.0 Å². The lowest BCUT2D eigenvalue weighted by atomic mass is 10.1. The molecule has 7 heteroatoms. The van der Waals surface area contributed by atoms with Crippen LogP contribution in [0.2, 0.25) is 0 Å². The van der Waals surface area contributed by atoms with Gasteiger partial charge in [-0.05, 0) is 26.7 Å². The first kappa shape index (κ1) is 19.9. The zero-order valence-corrected chi connectivity index (χ0v) is 16.6. The molecule has 2 aromatic heterocycles. The van der Waals surface area contributed by atoms with Gasteiger partial charge in [0.15, 0.2) is 0 Å². The maximum absolute atomic E-state index is 13.2. The summed E-state index contributed by atoms with van der Waals surface area (Å²) in [6, 6.07) is -0.00213. The zero-order valence-electron chi connectivity index (χ0n) is 16.6. The van der Waals surface area contributed by atoms with E-state index in [0.717, 1.165) is 31.5 Å². The molecule has 7 nitrogen and oxygen atoms in total. The van der Waals surface area contributed by atoms with Gasteiger partial charge in [0.25, 0.3) is 11.5 Å². The highest BCUT2D eigenvalue weighted by Gasteiger charge is 2.25. The molecule has 0 aliphatic carbocycles. The van der Waals surface area contributed by atoms with Crippen LogP contribution in [-0.2, 0) is 13.5 Å². The van der Waals surface area contributed by atoms with Crippen LogP contribution in [0.1, 0.15) is 68.0 Å². The van der Waals surface area contributed by atoms with E-state index in [1.54, 1.807) is 42.7 Å². The van der Waals surface area contributed by atoms with Crippen LogP contribution in [0.15, 0.2) is 17.2 Å². The van der Waals surface area contributed by atoms with E-state index in [-0.39, 0.29) is 23.1 Å². The highest BCUT2D eigenvalue weighted by atomic mass is 16.2. The quantitative estimate of drug-likeness (QED) is 0.762. The molecule has 0 N–H and O–H groups in total. The van der Waals surface area contributed by atoms with Gasteiger partial charge in [0.1, 0.15) is 11.4 Å². The van der Waals surface area contributed by atoms with E-state index in [1.165, 1.54) is 4.90 Å². The average Bonchev–Trinajstić information content (AvgIpc) is 3.04. The maximum Gasteiger partial charge on any atom is 0.266 e. The van der Waals surface area contributed by atoms with Crippen molar-refractivity contribution in [2.75, 3.05) is 11.9 Å². The van der Waals surface area contributed by atoms with Crippen molar-refractivity contribution in [2.45, 2.75) is 59.4 Å². The van der Waals surface area contributed by atoms with Gasteiger partial charge in [-0.15, -0.1) is 0 Å². The molecule has 0 aromatic carbocycles. The largest absolute Gasteiger partial charge is 0.308 e. The molecule has 2 rings (SSSR count). The first-order valence-electron chi connectivity index (χ1n) is 9.20. The van der Waals surface area contributed by atoms with Crippen molar-refractivity contribution in [1.29, 1.82) is 0 Å². The molecule has 0 fully saturated rings. The number of nitrogens with zero attached hydrogens (tertiary/aromatic N) is 5. The standard InChI is InChI=1S/C19H29N5O2/c1-7-9-10-16-21-14(4)17(19(26)24(16)13(3)8-2)18(25)23(6)15-11-20-22(5)12-15/h11-13H,7-10H2,1-6H3. The van der Waals surface area contributed by atoms with Gasteiger partial charge in [-0.2, -0.15) is 5.10 Å². The molecule has 2 aromatic rings. The topological polar surface area (TPSA) is 73.0 Å². The Bertz CT molecular complexity index is 837. The summed E-state index contributed by atoms with van der Waals surface area (Å²) in [6.07, 6.45) is 6.87. The van der Waals surface area contributed by atoms with Crippen LogP contribution in [0.5, 0.6) is 0 Å². The molecule has 0 bridgehead atoms. The Balaban J connectivity index is 2.54. The van der Waals surface area contributed by atoms with Gasteiger partial charge < -0.3 is 4.90 Å². The minimum atomic E-state index is -0.355. The lowest BCUT2D eigenvalue weighted by Gasteiger charge is -2.22. The number of unbranched alkanes of at least 4 members (excludes halogenated alkanes) is 1. The fourth-order valence-corrected chi connectivity index (χ4v) is 2.96. The molecule has 0 aliphatic rings. The summed E-state index contributed by atoms with van der Waals surface area (Å²) < 4.78 is 3.32. The Labute approximate surface area is 154 Å². The van der Waals surface area contributed by atoms with E-state index in [9.17, 15) is 9.59 Å². The monoisotopic (exact) mass is 359 g/mol. The molecule has 142 valence electrons. The van der Waals surface area contributed by atoms with Crippen molar-refractivity contribution < 1.29 is 4.79 Å². The number of carbonyl (C=O) groups excluding carboxylic acids is 1. The SMILES string of the molecule is CCCCc1nc(C)c(C(=O)N(C)c2cnn(C)c2)c(=O)n1C(C)CC. The van der Waals surface area contributed by atoms with E-state index in [1.807, 2.05) is 13.8 Å². The van der Waals surface area contributed by atoms with Gasteiger partial charge in [-0.25, -0.2) is 4.98 Å². The summed E-state index contributed by atoms with van der Waals surface area (Å²) in [6.45, 7) is 7.87. The van der Waals surface area contributed by atoms with Crippen molar-refractivity contribution in [2.24, 2.45) is 7.05 Å². The van der Waals surface area contributed by atoms with E-state index in [4.69, 9.17) is 0 Å². The van der Waals surface area contributed by atoms with Crippen LogP contribution in [-0.4, -0.2) is 32.3 Å². The highest BCUT2D eigenvalue weighted by Crippen LogP contribution is 2.17. The molecule has 26 heavy (non-hydrogen) atoms. The predicted octanol–water partition coefficient (Wildman–Crippen LogP) is 2.88. The van der Waals surface area contributed by atoms with E-state index >= 15 is 0 Å². The third kappa shape index (κ3) is 3.86. The van der Waals surface area contributed by atoms with Crippen molar-refractivity contribution >= 4 is 11.6 Å². The first-order valence-corrected chi connectivity index (χ1v) is 9.20. The van der Waals surface area contributed by atoms with Crippen LogP contribution in [0.4, 0.5) is 5.69 Å². The number of rotatable bonds is 7.